The van der Waals surface area contributed by atoms with Crippen LogP contribution in [0.5, 0.6) is 0 Å². The highest BCUT2D eigenvalue weighted by Gasteiger charge is 2.39. The van der Waals surface area contributed by atoms with Crippen LogP contribution in [0.15, 0.2) is 46.5 Å². The molecule has 5 rings (SSSR count). The van der Waals surface area contributed by atoms with Gasteiger partial charge in [0.25, 0.3) is 0 Å². The van der Waals surface area contributed by atoms with Crippen molar-refractivity contribution in [3.63, 3.8) is 0 Å². The van der Waals surface area contributed by atoms with E-state index in [1.54, 1.807) is 17.0 Å². The summed E-state index contributed by atoms with van der Waals surface area (Å²) in [6.45, 7) is 0.850. The third-order valence-corrected chi connectivity index (χ3v) is 5.55. The number of aromatic nitrogens is 3. The van der Waals surface area contributed by atoms with Crippen LogP contribution < -0.4 is 0 Å². The topological polar surface area (TPSA) is 58.7 Å². The molecule has 0 spiro atoms. The van der Waals surface area contributed by atoms with Gasteiger partial charge in [0.05, 0.1) is 22.3 Å². The fourth-order valence-electron chi connectivity index (χ4n) is 3.47. The summed E-state index contributed by atoms with van der Waals surface area (Å²) in [6.07, 6.45) is -3.26. The number of benzene rings is 1. The third-order valence-electron chi connectivity index (χ3n) is 4.75. The highest BCUT2D eigenvalue weighted by Crippen LogP contribution is 2.39. The van der Waals surface area contributed by atoms with E-state index in [0.717, 1.165) is 10.7 Å². The molecule has 31 heavy (non-hydrogen) atoms. The van der Waals surface area contributed by atoms with Gasteiger partial charge >= 0.3 is 6.18 Å². The first-order valence-electron chi connectivity index (χ1n) is 8.92. The molecule has 2 aliphatic heterocycles. The normalized spacial score (nSPS) is 15.5. The maximum atomic E-state index is 13.5. The first-order chi connectivity index (χ1) is 14.7. The van der Waals surface area contributed by atoms with Gasteiger partial charge in [-0.25, -0.2) is 14.7 Å². The predicted octanol–water partition coefficient (Wildman–Crippen LogP) is 5.40. The number of pyridine rings is 1. The number of nitrogens with zero attached hydrogens (tertiary/aromatic N) is 6. The Kier molecular flexibility index (Phi) is 4.72. The van der Waals surface area contributed by atoms with E-state index in [9.17, 15) is 13.2 Å². The molecule has 0 atom stereocenters. The maximum Gasteiger partial charge on any atom is 0.435 e. The number of rotatable bonds is 2. The minimum absolute atomic E-state index is 0.0445. The first kappa shape index (κ1) is 20.3. The average molecular weight is 486 g/mol. The molecule has 4 heterocycles. The second-order valence-electron chi connectivity index (χ2n) is 6.71. The monoisotopic (exact) mass is 484 g/mol. The molecule has 2 aliphatic rings. The van der Waals surface area contributed by atoms with Crippen molar-refractivity contribution in [1.82, 2.24) is 19.7 Å². The zero-order valence-corrected chi connectivity index (χ0v) is 17.6. The molecule has 0 saturated heterocycles. The summed E-state index contributed by atoms with van der Waals surface area (Å²) in [6, 6.07) is 7.19. The number of alkyl halides is 3. The Labute approximate surface area is 188 Å². The second kappa shape index (κ2) is 7.22. The van der Waals surface area contributed by atoms with Crippen molar-refractivity contribution in [2.45, 2.75) is 6.18 Å². The zero-order chi connectivity index (χ0) is 21.9. The number of amidine groups is 2. The van der Waals surface area contributed by atoms with Crippen molar-refractivity contribution < 1.29 is 13.2 Å². The van der Waals surface area contributed by atoms with E-state index < -0.39 is 11.9 Å². The summed E-state index contributed by atoms with van der Waals surface area (Å²) in [5.74, 6) is 0.776. The van der Waals surface area contributed by atoms with E-state index in [0.29, 0.717) is 35.2 Å². The molecular formula is C19H10Cl3F3N6. The van der Waals surface area contributed by atoms with E-state index in [1.807, 2.05) is 0 Å². The van der Waals surface area contributed by atoms with Gasteiger partial charge < -0.3 is 4.90 Å². The van der Waals surface area contributed by atoms with Crippen molar-refractivity contribution in [3.05, 3.63) is 68.5 Å². The van der Waals surface area contributed by atoms with Gasteiger partial charge in [0.15, 0.2) is 17.3 Å². The number of fused-ring (bicyclic) bond motifs is 3. The van der Waals surface area contributed by atoms with Gasteiger partial charge in [-0.1, -0.05) is 34.8 Å². The van der Waals surface area contributed by atoms with E-state index >= 15 is 0 Å². The Bertz CT molecular complexity index is 1280. The number of halogens is 6. The van der Waals surface area contributed by atoms with Crippen molar-refractivity contribution in [1.29, 1.82) is 0 Å². The minimum Gasteiger partial charge on any atom is -0.307 e. The standard InChI is InChI=1S/C19H10Cl3F3N6/c20-9-6-10-15(12(22)7-9)28-18(30-5-4-27-16(10)30)13-8-14(19(23,24)25)29-31(13)17-11(21)2-1-3-26-17/h1-3,6-8H,4-5H2. The van der Waals surface area contributed by atoms with Crippen molar-refractivity contribution in [2.24, 2.45) is 9.98 Å². The second-order valence-corrected chi connectivity index (χ2v) is 7.96. The van der Waals surface area contributed by atoms with Crippen molar-refractivity contribution in [2.75, 3.05) is 13.1 Å². The van der Waals surface area contributed by atoms with Gasteiger partial charge in [-0.05, 0) is 24.3 Å². The molecule has 0 unspecified atom stereocenters. The van der Waals surface area contributed by atoms with Crippen LogP contribution in [0.3, 0.4) is 0 Å². The highest BCUT2D eigenvalue weighted by atomic mass is 35.5. The minimum atomic E-state index is -4.68. The largest absolute Gasteiger partial charge is 0.435 e. The molecule has 0 aliphatic carbocycles. The van der Waals surface area contributed by atoms with Gasteiger partial charge in [0.1, 0.15) is 11.5 Å². The van der Waals surface area contributed by atoms with Gasteiger partial charge in [-0.15, -0.1) is 0 Å². The lowest BCUT2D eigenvalue weighted by Gasteiger charge is -2.28. The molecule has 12 heteroatoms. The summed E-state index contributed by atoms with van der Waals surface area (Å²) in [5, 5.41) is 4.54. The van der Waals surface area contributed by atoms with Crippen molar-refractivity contribution >= 4 is 52.2 Å². The summed E-state index contributed by atoms with van der Waals surface area (Å²) < 4.78 is 41.7. The zero-order valence-electron chi connectivity index (χ0n) is 15.3. The van der Waals surface area contributed by atoms with Gasteiger partial charge in [-0.3, -0.25) is 4.99 Å². The van der Waals surface area contributed by atoms with Gasteiger partial charge in [0.2, 0.25) is 0 Å². The van der Waals surface area contributed by atoms with E-state index in [1.165, 1.54) is 18.3 Å². The molecule has 0 bridgehead atoms. The Morgan fingerprint density at radius 2 is 1.81 bits per heavy atom. The molecule has 0 fully saturated rings. The lowest BCUT2D eigenvalue weighted by molar-refractivity contribution is -0.141. The maximum absolute atomic E-state index is 13.5. The quantitative estimate of drug-likeness (QED) is 0.488. The molecule has 0 saturated carbocycles. The predicted molar refractivity (Wildman–Crippen MR) is 112 cm³/mol. The van der Waals surface area contributed by atoms with Crippen LogP contribution in [0, 0.1) is 0 Å². The molecule has 2 aromatic heterocycles. The summed E-state index contributed by atoms with van der Waals surface area (Å²) >= 11 is 18.7. The first-order valence-corrected chi connectivity index (χ1v) is 10.1. The number of hydrogen-bond acceptors (Lipinski definition) is 5. The van der Waals surface area contributed by atoms with Crippen LogP contribution >= 0.6 is 34.8 Å². The van der Waals surface area contributed by atoms with Crippen LogP contribution in [-0.2, 0) is 6.18 Å². The Balaban J connectivity index is 1.78. The smallest absolute Gasteiger partial charge is 0.307 e. The number of aliphatic imine (C=N–C) groups is 2. The fourth-order valence-corrected chi connectivity index (χ4v) is 4.21. The van der Waals surface area contributed by atoms with E-state index in [2.05, 4.69) is 20.1 Å². The van der Waals surface area contributed by atoms with E-state index in [-0.39, 0.29) is 27.4 Å². The molecule has 3 aromatic rings. The third kappa shape index (κ3) is 3.37. The van der Waals surface area contributed by atoms with Crippen molar-refractivity contribution in [3.8, 4) is 5.82 Å². The SMILES string of the molecule is FC(F)(F)c1cc(C2=Nc3c(Cl)cc(Cl)cc3C3=NCCN32)n(-c2ncccc2Cl)n1. The molecule has 0 N–H and O–H groups in total. The van der Waals surface area contributed by atoms with Crippen LogP contribution in [-0.4, -0.2) is 44.4 Å². The average Bonchev–Trinajstić information content (AvgIpc) is 3.35. The summed E-state index contributed by atoms with van der Waals surface area (Å²) in [7, 11) is 0. The molecule has 6 nitrogen and oxygen atoms in total. The molecule has 158 valence electrons. The lowest BCUT2D eigenvalue weighted by atomic mass is 10.1. The van der Waals surface area contributed by atoms with Crippen LogP contribution in [0.1, 0.15) is 17.0 Å². The lowest BCUT2D eigenvalue weighted by Crippen LogP contribution is -2.39. The molecule has 0 radical (unpaired) electrons. The molecule has 1 aromatic carbocycles. The fraction of sp³-hybridized carbons (Fsp3) is 0.158. The van der Waals surface area contributed by atoms with Gasteiger partial charge in [0, 0.05) is 29.4 Å². The Hall–Kier alpha value is -2.62. The van der Waals surface area contributed by atoms with Gasteiger partial charge in [-0.2, -0.15) is 18.3 Å². The molecular weight excluding hydrogens is 476 g/mol. The van der Waals surface area contributed by atoms with Crippen LogP contribution in [0.4, 0.5) is 18.9 Å². The Morgan fingerprint density at radius 1 is 1.00 bits per heavy atom. The highest BCUT2D eigenvalue weighted by molar-refractivity contribution is 6.38. The molecule has 0 amide bonds. The van der Waals surface area contributed by atoms with Crippen LogP contribution in [0.2, 0.25) is 15.1 Å². The Morgan fingerprint density at radius 3 is 2.55 bits per heavy atom. The summed E-state index contributed by atoms with van der Waals surface area (Å²) in [5.41, 5.74) is -0.0695. The summed E-state index contributed by atoms with van der Waals surface area (Å²) in [4.78, 5) is 14.9. The van der Waals surface area contributed by atoms with Crippen LogP contribution in [0.25, 0.3) is 5.82 Å². The van der Waals surface area contributed by atoms with E-state index in [4.69, 9.17) is 34.8 Å². The number of hydrogen-bond donors (Lipinski definition) is 0.